The lowest BCUT2D eigenvalue weighted by Crippen LogP contribution is -2.27. The molecule has 1 aliphatic rings. The topological polar surface area (TPSA) is 37.4 Å². The average molecular weight is 366 g/mol. The highest BCUT2D eigenvalue weighted by Crippen LogP contribution is 2.34. The number of hydrogen-bond acceptors (Lipinski definition) is 3. The average Bonchev–Trinajstić information content (AvgIpc) is 2.77. The molecule has 122 valence electrons. The van der Waals surface area contributed by atoms with Crippen molar-refractivity contribution in [2.24, 2.45) is 0 Å². The van der Waals surface area contributed by atoms with Gasteiger partial charge in [0, 0.05) is 5.02 Å². The molecule has 1 saturated heterocycles. The fourth-order valence-corrected chi connectivity index (χ4v) is 3.27. The van der Waals surface area contributed by atoms with Gasteiger partial charge < -0.3 is 0 Å². The molecule has 0 N–H and O–H groups in total. The molecule has 0 aromatic heterocycles. The van der Waals surface area contributed by atoms with Crippen molar-refractivity contribution in [2.45, 2.75) is 6.54 Å². The summed E-state index contributed by atoms with van der Waals surface area (Å²) in [5.74, 6) is -1.42. The smallest absolute Gasteiger partial charge is 0.268 e. The second kappa shape index (κ2) is 6.75. The minimum absolute atomic E-state index is 0.0513. The molecule has 7 heteroatoms. The first-order valence-electron chi connectivity index (χ1n) is 6.89. The Morgan fingerprint density at radius 3 is 2.54 bits per heavy atom. The molecule has 0 saturated carbocycles. The lowest BCUT2D eigenvalue weighted by Gasteiger charge is -2.13. The molecule has 0 spiro atoms. The highest BCUT2D eigenvalue weighted by atomic mass is 35.5. The van der Waals surface area contributed by atoms with E-state index < -0.39 is 22.8 Å². The highest BCUT2D eigenvalue weighted by molar-refractivity contribution is 8.18. The fourth-order valence-electron chi connectivity index (χ4n) is 2.20. The standard InChI is InChI=1S/C17H10ClF2NO2S/c18-14-8-13(20)5-4-11(14)9-21-16(22)15(24-17(21)23)7-10-2-1-3-12(19)6-10/h1-8H,9H2/b15-7-. The second-order valence-corrected chi connectivity index (χ2v) is 6.46. The van der Waals surface area contributed by atoms with Crippen LogP contribution in [-0.4, -0.2) is 16.0 Å². The molecule has 1 heterocycles. The van der Waals surface area contributed by atoms with Gasteiger partial charge in [-0.25, -0.2) is 8.78 Å². The summed E-state index contributed by atoms with van der Waals surface area (Å²) < 4.78 is 26.3. The van der Waals surface area contributed by atoms with E-state index in [0.717, 1.165) is 22.7 Å². The van der Waals surface area contributed by atoms with Crippen molar-refractivity contribution in [2.75, 3.05) is 0 Å². The third-order valence-corrected chi connectivity index (χ3v) is 4.62. The van der Waals surface area contributed by atoms with Crippen molar-refractivity contribution >= 4 is 40.6 Å². The van der Waals surface area contributed by atoms with Crippen LogP contribution in [0.4, 0.5) is 13.6 Å². The first kappa shape index (κ1) is 16.7. The number of carbonyl (C=O) groups excluding carboxylic acids is 2. The Hall–Kier alpha value is -2.18. The number of carbonyl (C=O) groups is 2. The van der Waals surface area contributed by atoms with Crippen molar-refractivity contribution in [1.82, 2.24) is 4.90 Å². The number of amides is 2. The van der Waals surface area contributed by atoms with E-state index in [-0.39, 0.29) is 16.5 Å². The van der Waals surface area contributed by atoms with Crippen LogP contribution in [0.5, 0.6) is 0 Å². The highest BCUT2D eigenvalue weighted by Gasteiger charge is 2.35. The Morgan fingerprint density at radius 1 is 1.08 bits per heavy atom. The third kappa shape index (κ3) is 3.49. The molecule has 2 amide bonds. The van der Waals surface area contributed by atoms with Crippen LogP contribution in [0.25, 0.3) is 6.08 Å². The van der Waals surface area contributed by atoms with Gasteiger partial charge in [0.05, 0.1) is 11.4 Å². The van der Waals surface area contributed by atoms with Crippen LogP contribution in [0.1, 0.15) is 11.1 Å². The van der Waals surface area contributed by atoms with Gasteiger partial charge in [-0.2, -0.15) is 0 Å². The Morgan fingerprint density at radius 2 is 1.83 bits per heavy atom. The van der Waals surface area contributed by atoms with Crippen LogP contribution in [0.3, 0.4) is 0 Å². The monoisotopic (exact) mass is 365 g/mol. The van der Waals surface area contributed by atoms with Gasteiger partial charge in [-0.1, -0.05) is 29.8 Å². The Labute approximate surface area is 145 Å². The lowest BCUT2D eigenvalue weighted by molar-refractivity contribution is -0.123. The van der Waals surface area contributed by atoms with Crippen LogP contribution in [-0.2, 0) is 11.3 Å². The number of benzene rings is 2. The summed E-state index contributed by atoms with van der Waals surface area (Å²) in [6.45, 7) is -0.0513. The molecule has 3 nitrogen and oxygen atoms in total. The van der Waals surface area contributed by atoms with Crippen LogP contribution >= 0.6 is 23.4 Å². The summed E-state index contributed by atoms with van der Waals surface area (Å²) in [6.07, 6.45) is 1.46. The number of thioether (sulfide) groups is 1. The van der Waals surface area contributed by atoms with E-state index in [1.165, 1.54) is 36.4 Å². The molecular weight excluding hydrogens is 356 g/mol. The van der Waals surface area contributed by atoms with Crippen LogP contribution in [0, 0.1) is 11.6 Å². The molecular formula is C17H10ClF2NO2S. The maximum absolute atomic E-state index is 13.2. The quantitative estimate of drug-likeness (QED) is 0.729. The zero-order valence-electron chi connectivity index (χ0n) is 12.1. The van der Waals surface area contributed by atoms with E-state index in [1.807, 2.05) is 0 Å². The van der Waals surface area contributed by atoms with Gasteiger partial charge in [-0.05, 0) is 53.2 Å². The molecule has 0 unspecified atom stereocenters. The van der Waals surface area contributed by atoms with Gasteiger partial charge in [-0.3, -0.25) is 14.5 Å². The molecule has 2 aromatic carbocycles. The van der Waals surface area contributed by atoms with E-state index in [4.69, 9.17) is 11.6 Å². The molecule has 0 radical (unpaired) electrons. The van der Waals surface area contributed by atoms with Gasteiger partial charge >= 0.3 is 0 Å². The second-order valence-electron chi connectivity index (χ2n) is 5.06. The molecule has 0 bridgehead atoms. The Bertz CT molecular complexity index is 869. The summed E-state index contributed by atoms with van der Waals surface area (Å²) in [5.41, 5.74) is 0.952. The summed E-state index contributed by atoms with van der Waals surface area (Å²) in [6, 6.07) is 9.47. The summed E-state index contributed by atoms with van der Waals surface area (Å²) >= 11 is 6.70. The van der Waals surface area contributed by atoms with Gasteiger partial charge in [0.25, 0.3) is 11.1 Å². The molecule has 3 rings (SSSR count). The molecule has 1 fully saturated rings. The number of rotatable bonds is 3. The van der Waals surface area contributed by atoms with E-state index in [1.54, 1.807) is 6.07 Å². The predicted octanol–water partition coefficient (Wildman–Crippen LogP) is 4.85. The lowest BCUT2D eigenvalue weighted by atomic mass is 10.2. The van der Waals surface area contributed by atoms with Gasteiger partial charge in [0.2, 0.25) is 0 Å². The number of imide groups is 1. The minimum Gasteiger partial charge on any atom is -0.268 e. The summed E-state index contributed by atoms with van der Waals surface area (Å²) in [7, 11) is 0. The summed E-state index contributed by atoms with van der Waals surface area (Å²) in [4.78, 5) is 25.7. The van der Waals surface area contributed by atoms with Crippen molar-refractivity contribution in [3.8, 4) is 0 Å². The van der Waals surface area contributed by atoms with Crippen LogP contribution in [0.2, 0.25) is 5.02 Å². The first-order valence-corrected chi connectivity index (χ1v) is 8.08. The molecule has 2 aromatic rings. The van der Waals surface area contributed by atoms with Crippen molar-refractivity contribution in [1.29, 1.82) is 0 Å². The van der Waals surface area contributed by atoms with E-state index in [0.29, 0.717) is 11.1 Å². The maximum Gasteiger partial charge on any atom is 0.293 e. The van der Waals surface area contributed by atoms with E-state index in [2.05, 4.69) is 0 Å². The van der Waals surface area contributed by atoms with Crippen molar-refractivity contribution < 1.29 is 18.4 Å². The minimum atomic E-state index is -0.496. The number of nitrogens with zero attached hydrogens (tertiary/aromatic N) is 1. The summed E-state index contributed by atoms with van der Waals surface area (Å²) in [5, 5.41) is -0.314. The largest absolute Gasteiger partial charge is 0.293 e. The predicted molar refractivity (Wildman–Crippen MR) is 89.3 cm³/mol. The fraction of sp³-hybridized carbons (Fsp3) is 0.0588. The number of halogens is 3. The zero-order valence-corrected chi connectivity index (χ0v) is 13.7. The Kier molecular flexibility index (Phi) is 4.69. The van der Waals surface area contributed by atoms with Gasteiger partial charge in [0.15, 0.2) is 0 Å². The Balaban J connectivity index is 1.84. The number of hydrogen-bond donors (Lipinski definition) is 0. The SMILES string of the molecule is O=C1S/C(=C\c2cccc(F)c2)C(=O)N1Cc1ccc(F)cc1Cl. The van der Waals surface area contributed by atoms with E-state index >= 15 is 0 Å². The van der Waals surface area contributed by atoms with Crippen molar-refractivity contribution in [3.63, 3.8) is 0 Å². The molecule has 24 heavy (non-hydrogen) atoms. The van der Waals surface area contributed by atoms with Crippen LogP contribution in [0.15, 0.2) is 47.4 Å². The zero-order chi connectivity index (χ0) is 17.3. The van der Waals surface area contributed by atoms with Crippen LogP contribution < -0.4 is 0 Å². The molecule has 1 aliphatic heterocycles. The van der Waals surface area contributed by atoms with Crippen molar-refractivity contribution in [3.05, 3.63) is 75.2 Å². The van der Waals surface area contributed by atoms with Gasteiger partial charge in [-0.15, -0.1) is 0 Å². The maximum atomic E-state index is 13.2. The molecule has 0 aliphatic carbocycles. The third-order valence-electron chi connectivity index (χ3n) is 3.36. The van der Waals surface area contributed by atoms with E-state index in [9.17, 15) is 18.4 Å². The molecule has 0 atom stereocenters. The first-order chi connectivity index (χ1) is 11.4. The van der Waals surface area contributed by atoms with Gasteiger partial charge in [0.1, 0.15) is 11.6 Å². The normalized spacial score (nSPS) is 16.3.